The van der Waals surface area contributed by atoms with Gasteiger partial charge in [0, 0.05) is 24.6 Å². The number of hydrogen-bond donors (Lipinski definition) is 0. The Morgan fingerprint density at radius 2 is 1.88 bits per heavy atom. The summed E-state index contributed by atoms with van der Waals surface area (Å²) < 4.78 is 31.7. The summed E-state index contributed by atoms with van der Waals surface area (Å²) in [5.74, 6) is 0.275. The Labute approximate surface area is 130 Å². The molecule has 0 radical (unpaired) electrons. The van der Waals surface area contributed by atoms with Crippen molar-refractivity contribution >= 4 is 38.4 Å². The smallest absolute Gasteiger partial charge is 0.748 e. The summed E-state index contributed by atoms with van der Waals surface area (Å²) in [7, 11) is -4.07. The SMILES string of the molecule is CCN(CC)C(=S)SCCCS(=O)(=O)[O-].[Na+]. The summed E-state index contributed by atoms with van der Waals surface area (Å²) in [4.78, 5) is 2.02. The van der Waals surface area contributed by atoms with Gasteiger partial charge < -0.3 is 9.45 Å². The molecule has 0 aromatic heterocycles. The van der Waals surface area contributed by atoms with Crippen molar-refractivity contribution in [3.05, 3.63) is 0 Å². The molecule has 0 heterocycles. The van der Waals surface area contributed by atoms with E-state index in [0.717, 1.165) is 17.4 Å². The van der Waals surface area contributed by atoms with Crippen LogP contribution in [0.4, 0.5) is 0 Å². The molecule has 8 heteroatoms. The second kappa shape index (κ2) is 10.1. The zero-order chi connectivity index (χ0) is 11.9. The van der Waals surface area contributed by atoms with Crippen molar-refractivity contribution in [2.45, 2.75) is 20.3 Å². The van der Waals surface area contributed by atoms with Crippen LogP contribution in [0.25, 0.3) is 0 Å². The van der Waals surface area contributed by atoms with Crippen molar-refractivity contribution in [1.29, 1.82) is 0 Å². The van der Waals surface area contributed by atoms with E-state index in [4.69, 9.17) is 12.2 Å². The molecule has 90 valence electrons. The summed E-state index contributed by atoms with van der Waals surface area (Å²) in [6.07, 6.45) is 0.359. The summed E-state index contributed by atoms with van der Waals surface area (Å²) in [5.41, 5.74) is 0. The number of rotatable bonds is 6. The molecule has 0 atom stereocenters. The Balaban J connectivity index is 0. The van der Waals surface area contributed by atoms with E-state index in [-0.39, 0.29) is 35.3 Å². The molecule has 0 N–H and O–H groups in total. The van der Waals surface area contributed by atoms with E-state index in [1.165, 1.54) is 11.8 Å². The van der Waals surface area contributed by atoms with Gasteiger partial charge in [0.15, 0.2) is 0 Å². The number of thiocarbonyl (C=S) groups is 1. The van der Waals surface area contributed by atoms with Crippen molar-refractivity contribution in [2.24, 2.45) is 0 Å². The minimum absolute atomic E-state index is 0. The second-order valence-electron chi connectivity index (χ2n) is 2.90. The van der Waals surface area contributed by atoms with Gasteiger partial charge in [0.2, 0.25) is 0 Å². The van der Waals surface area contributed by atoms with Gasteiger partial charge in [-0.25, -0.2) is 8.42 Å². The first-order valence-corrected chi connectivity index (χ1v) is 7.73. The van der Waals surface area contributed by atoms with Crippen LogP contribution < -0.4 is 29.6 Å². The van der Waals surface area contributed by atoms with Gasteiger partial charge in [-0.05, 0) is 20.3 Å². The molecular weight excluding hydrogens is 277 g/mol. The Hall–Kier alpha value is 1.15. The monoisotopic (exact) mass is 293 g/mol. The number of thioether (sulfide) groups is 1. The maximum Gasteiger partial charge on any atom is 1.00 e. The normalized spacial score (nSPS) is 10.7. The van der Waals surface area contributed by atoms with Crippen molar-refractivity contribution in [3.63, 3.8) is 0 Å². The molecule has 16 heavy (non-hydrogen) atoms. The molecule has 0 rings (SSSR count). The first kappa shape index (κ1) is 19.5. The summed E-state index contributed by atoms with van der Waals surface area (Å²) >= 11 is 6.57. The van der Waals surface area contributed by atoms with Crippen LogP contribution in [0.2, 0.25) is 0 Å². The van der Waals surface area contributed by atoms with Gasteiger partial charge in [-0.15, -0.1) is 0 Å². The molecule has 0 unspecified atom stereocenters. The average Bonchev–Trinajstić information content (AvgIpc) is 2.13. The minimum atomic E-state index is -4.07. The largest absolute Gasteiger partial charge is 1.00 e. The predicted octanol–water partition coefficient (Wildman–Crippen LogP) is -1.71. The Kier molecular flexibility index (Phi) is 12.3. The van der Waals surface area contributed by atoms with Crippen LogP contribution in [0.3, 0.4) is 0 Å². The third-order valence-electron chi connectivity index (χ3n) is 1.79. The van der Waals surface area contributed by atoms with Gasteiger partial charge in [0.05, 0.1) is 10.1 Å². The maximum atomic E-state index is 10.3. The van der Waals surface area contributed by atoms with Crippen LogP contribution in [-0.2, 0) is 10.1 Å². The third-order valence-corrected chi connectivity index (χ3v) is 4.18. The molecule has 0 aromatic rings. The van der Waals surface area contributed by atoms with Crippen molar-refractivity contribution in [3.8, 4) is 0 Å². The van der Waals surface area contributed by atoms with E-state index in [1.807, 2.05) is 18.7 Å². The fourth-order valence-electron chi connectivity index (χ4n) is 0.968. The van der Waals surface area contributed by atoms with Crippen LogP contribution in [0.5, 0.6) is 0 Å². The summed E-state index contributed by atoms with van der Waals surface area (Å²) in [5, 5.41) is 0. The standard InChI is InChI=1S/C8H17NO3S3.Na/c1-3-9(4-2)8(13)14-6-5-7-15(10,11)12;/h3-7H2,1-2H3,(H,10,11,12);/q;+1/p-1. The van der Waals surface area contributed by atoms with E-state index in [2.05, 4.69) is 0 Å². The van der Waals surface area contributed by atoms with Gasteiger partial charge in [-0.2, -0.15) is 0 Å². The first-order chi connectivity index (χ1) is 6.90. The molecule has 0 bridgehead atoms. The van der Waals surface area contributed by atoms with E-state index in [1.54, 1.807) is 0 Å². The molecule has 0 saturated carbocycles. The number of hydrogen-bond acceptors (Lipinski definition) is 5. The molecule has 0 amide bonds. The first-order valence-electron chi connectivity index (χ1n) is 4.76. The van der Waals surface area contributed by atoms with Crippen LogP contribution in [0, 0.1) is 0 Å². The molecular formula is C8H16NNaO3S3. The topological polar surface area (TPSA) is 60.4 Å². The maximum absolute atomic E-state index is 10.3. The Morgan fingerprint density at radius 1 is 1.38 bits per heavy atom. The molecule has 0 spiro atoms. The van der Waals surface area contributed by atoms with Crippen LogP contribution in [-0.4, -0.2) is 46.8 Å². The van der Waals surface area contributed by atoms with Crippen LogP contribution >= 0.6 is 24.0 Å². The molecule has 0 aliphatic carbocycles. The molecule has 0 aromatic carbocycles. The van der Waals surface area contributed by atoms with Gasteiger partial charge in [-0.3, -0.25) is 0 Å². The third kappa shape index (κ3) is 10.3. The zero-order valence-corrected chi connectivity index (χ0v) is 14.4. The average molecular weight is 293 g/mol. The summed E-state index contributed by atoms with van der Waals surface area (Å²) in [6.45, 7) is 5.72. The van der Waals surface area contributed by atoms with E-state index in [9.17, 15) is 13.0 Å². The molecule has 0 aliphatic rings. The summed E-state index contributed by atoms with van der Waals surface area (Å²) in [6, 6.07) is 0. The zero-order valence-electron chi connectivity index (χ0n) is 9.93. The van der Waals surface area contributed by atoms with Crippen molar-refractivity contribution in [2.75, 3.05) is 24.6 Å². The fourth-order valence-corrected chi connectivity index (χ4v) is 3.06. The van der Waals surface area contributed by atoms with E-state index < -0.39 is 10.1 Å². The molecule has 0 saturated heterocycles. The Morgan fingerprint density at radius 3 is 2.25 bits per heavy atom. The fraction of sp³-hybridized carbons (Fsp3) is 0.875. The van der Waals surface area contributed by atoms with Gasteiger partial charge in [-0.1, -0.05) is 24.0 Å². The van der Waals surface area contributed by atoms with Gasteiger partial charge in [0.1, 0.15) is 4.32 Å². The minimum Gasteiger partial charge on any atom is -0.748 e. The predicted molar refractivity (Wildman–Crippen MR) is 67.2 cm³/mol. The van der Waals surface area contributed by atoms with E-state index in [0.29, 0.717) is 12.2 Å². The van der Waals surface area contributed by atoms with Gasteiger partial charge >= 0.3 is 29.6 Å². The van der Waals surface area contributed by atoms with Crippen molar-refractivity contribution < 1.29 is 42.5 Å². The van der Waals surface area contributed by atoms with Crippen LogP contribution in [0.1, 0.15) is 20.3 Å². The molecule has 0 aliphatic heterocycles. The van der Waals surface area contributed by atoms with Crippen molar-refractivity contribution in [1.82, 2.24) is 4.90 Å². The molecule has 4 nitrogen and oxygen atoms in total. The van der Waals surface area contributed by atoms with Gasteiger partial charge in [0.25, 0.3) is 0 Å². The Bertz CT molecular complexity index is 291. The molecule has 0 fully saturated rings. The quantitative estimate of drug-likeness (QED) is 0.251. The van der Waals surface area contributed by atoms with Crippen LogP contribution in [0.15, 0.2) is 0 Å². The second-order valence-corrected chi connectivity index (χ2v) is 6.15. The number of nitrogens with zero attached hydrogens (tertiary/aromatic N) is 1. The van der Waals surface area contributed by atoms with E-state index >= 15 is 0 Å².